The van der Waals surface area contributed by atoms with Crippen LogP contribution in [0.15, 0.2) is 36.4 Å². The second-order valence-corrected chi connectivity index (χ2v) is 6.34. The number of nitrogens with one attached hydrogen (secondary N) is 1. The third-order valence-corrected chi connectivity index (χ3v) is 4.55. The van der Waals surface area contributed by atoms with Crippen molar-refractivity contribution >= 4 is 17.5 Å². The number of carbonyl (C=O) groups is 2. The summed E-state index contributed by atoms with van der Waals surface area (Å²) in [5.74, 6) is 0.636. The van der Waals surface area contributed by atoms with Crippen LogP contribution in [0.25, 0.3) is 5.70 Å². The summed E-state index contributed by atoms with van der Waals surface area (Å²) < 4.78 is 0. The van der Waals surface area contributed by atoms with Crippen molar-refractivity contribution in [1.29, 1.82) is 0 Å². The summed E-state index contributed by atoms with van der Waals surface area (Å²) in [6.07, 6.45) is 4.29. The molecule has 0 bridgehead atoms. The van der Waals surface area contributed by atoms with Crippen LogP contribution in [0.5, 0.6) is 0 Å². The van der Waals surface area contributed by atoms with Gasteiger partial charge in [-0.25, -0.2) is 5.01 Å². The topological polar surface area (TPSA) is 52.7 Å². The molecule has 23 heavy (non-hydrogen) atoms. The van der Waals surface area contributed by atoms with Crippen molar-refractivity contribution in [3.05, 3.63) is 42.0 Å². The Morgan fingerprint density at radius 3 is 2.61 bits per heavy atom. The molecule has 2 aliphatic heterocycles. The molecule has 0 unspecified atom stereocenters. The minimum atomic E-state index is -0.0663. The van der Waals surface area contributed by atoms with Gasteiger partial charge in [0.1, 0.15) is 6.54 Å². The highest BCUT2D eigenvalue weighted by Gasteiger charge is 2.26. The van der Waals surface area contributed by atoms with Crippen LogP contribution in [0.2, 0.25) is 0 Å². The molecule has 1 saturated heterocycles. The van der Waals surface area contributed by atoms with E-state index in [0.717, 1.165) is 37.2 Å². The first-order chi connectivity index (χ1) is 11.1. The van der Waals surface area contributed by atoms with E-state index in [1.165, 1.54) is 5.01 Å². The highest BCUT2D eigenvalue weighted by molar-refractivity contribution is 5.88. The van der Waals surface area contributed by atoms with Gasteiger partial charge in [-0.1, -0.05) is 37.3 Å². The maximum Gasteiger partial charge on any atom is 0.245 e. The highest BCUT2D eigenvalue weighted by atomic mass is 16.2. The summed E-state index contributed by atoms with van der Waals surface area (Å²) in [7, 11) is 0. The standard InChI is InChI=1S/C18H23N3O2/c1-14-9-11-20(12-10-14)18(23)13-21-17(22)8-7-16(19-21)15-5-3-2-4-6-15/h2-7,14,19H,8-13H2,1H3. The molecule has 5 nitrogen and oxygen atoms in total. The van der Waals surface area contributed by atoms with Gasteiger partial charge in [-0.05, 0) is 30.4 Å². The molecule has 122 valence electrons. The summed E-state index contributed by atoms with van der Waals surface area (Å²) in [4.78, 5) is 26.4. The van der Waals surface area contributed by atoms with Gasteiger partial charge in [0, 0.05) is 19.5 Å². The molecule has 0 saturated carbocycles. The quantitative estimate of drug-likeness (QED) is 0.929. The minimum Gasteiger partial charge on any atom is -0.341 e. The number of piperidine rings is 1. The average Bonchev–Trinajstić information content (AvgIpc) is 2.58. The van der Waals surface area contributed by atoms with Crippen LogP contribution in [0.3, 0.4) is 0 Å². The molecule has 0 radical (unpaired) electrons. The summed E-state index contributed by atoms with van der Waals surface area (Å²) in [6, 6.07) is 9.84. The zero-order chi connectivity index (χ0) is 16.2. The molecule has 5 heteroatoms. The lowest BCUT2D eigenvalue weighted by atomic mass is 9.99. The number of benzene rings is 1. The molecular formula is C18H23N3O2. The zero-order valence-corrected chi connectivity index (χ0v) is 13.5. The van der Waals surface area contributed by atoms with Crippen LogP contribution in [-0.4, -0.2) is 41.4 Å². The number of hydrogen-bond acceptors (Lipinski definition) is 3. The maximum atomic E-state index is 12.4. The van der Waals surface area contributed by atoms with Gasteiger partial charge in [-0.3, -0.25) is 15.0 Å². The Bertz CT molecular complexity index is 604. The number of likely N-dealkylation sites (tertiary alicyclic amines) is 1. The van der Waals surface area contributed by atoms with E-state index >= 15 is 0 Å². The maximum absolute atomic E-state index is 12.4. The predicted molar refractivity (Wildman–Crippen MR) is 88.9 cm³/mol. The van der Waals surface area contributed by atoms with E-state index in [2.05, 4.69) is 12.3 Å². The molecule has 0 aromatic heterocycles. The molecule has 2 heterocycles. The number of hydrogen-bond donors (Lipinski definition) is 1. The second kappa shape index (κ2) is 6.86. The van der Waals surface area contributed by atoms with E-state index in [1.54, 1.807) is 0 Å². The summed E-state index contributed by atoms with van der Waals surface area (Å²) in [5, 5.41) is 1.45. The van der Waals surface area contributed by atoms with Crippen LogP contribution < -0.4 is 5.43 Å². The lowest BCUT2D eigenvalue weighted by Gasteiger charge is -2.34. The number of rotatable bonds is 3. The van der Waals surface area contributed by atoms with Crippen molar-refractivity contribution in [3.63, 3.8) is 0 Å². The molecule has 1 fully saturated rings. The fourth-order valence-corrected chi connectivity index (χ4v) is 2.97. The monoisotopic (exact) mass is 313 g/mol. The first kappa shape index (κ1) is 15.6. The molecule has 1 aromatic carbocycles. The summed E-state index contributed by atoms with van der Waals surface area (Å²) in [6.45, 7) is 3.90. The predicted octanol–water partition coefficient (Wildman–Crippen LogP) is 2.02. The summed E-state index contributed by atoms with van der Waals surface area (Å²) >= 11 is 0. The van der Waals surface area contributed by atoms with Gasteiger partial charge in [-0.15, -0.1) is 0 Å². The van der Waals surface area contributed by atoms with Crippen molar-refractivity contribution in [3.8, 4) is 0 Å². The van der Waals surface area contributed by atoms with Gasteiger partial charge >= 0.3 is 0 Å². The lowest BCUT2D eigenvalue weighted by molar-refractivity contribution is -0.142. The first-order valence-electron chi connectivity index (χ1n) is 8.24. The number of nitrogens with zero attached hydrogens (tertiary/aromatic N) is 2. The first-order valence-corrected chi connectivity index (χ1v) is 8.24. The average molecular weight is 313 g/mol. The van der Waals surface area contributed by atoms with Gasteiger partial charge in [0.05, 0.1) is 5.70 Å². The van der Waals surface area contributed by atoms with Gasteiger partial charge in [-0.2, -0.15) is 0 Å². The van der Waals surface area contributed by atoms with Crippen LogP contribution >= 0.6 is 0 Å². The molecule has 2 aliphatic rings. The molecule has 1 aromatic rings. The molecular weight excluding hydrogens is 290 g/mol. The van der Waals surface area contributed by atoms with E-state index in [0.29, 0.717) is 12.3 Å². The van der Waals surface area contributed by atoms with Crippen molar-refractivity contribution < 1.29 is 9.59 Å². The Morgan fingerprint density at radius 2 is 1.91 bits per heavy atom. The smallest absolute Gasteiger partial charge is 0.245 e. The van der Waals surface area contributed by atoms with Crippen LogP contribution in [0.4, 0.5) is 0 Å². The normalized spacial score (nSPS) is 19.3. The highest BCUT2D eigenvalue weighted by Crippen LogP contribution is 2.19. The van der Waals surface area contributed by atoms with Crippen molar-refractivity contribution in [2.24, 2.45) is 5.92 Å². The Hall–Kier alpha value is -2.30. The Morgan fingerprint density at radius 1 is 1.22 bits per heavy atom. The van der Waals surface area contributed by atoms with Crippen molar-refractivity contribution in [2.45, 2.75) is 26.2 Å². The van der Waals surface area contributed by atoms with E-state index < -0.39 is 0 Å². The minimum absolute atomic E-state index is 0.0204. The number of carbonyl (C=O) groups excluding carboxylic acids is 2. The van der Waals surface area contributed by atoms with Crippen LogP contribution in [0.1, 0.15) is 31.7 Å². The van der Waals surface area contributed by atoms with E-state index in [9.17, 15) is 9.59 Å². The van der Waals surface area contributed by atoms with Crippen molar-refractivity contribution in [2.75, 3.05) is 19.6 Å². The number of amides is 2. The number of hydrazine groups is 1. The molecule has 3 rings (SSSR count). The van der Waals surface area contributed by atoms with E-state index in [-0.39, 0.29) is 18.4 Å². The van der Waals surface area contributed by atoms with Crippen LogP contribution in [0, 0.1) is 5.92 Å². The SMILES string of the molecule is CC1CCN(C(=O)CN2NC(c3ccccc3)=CCC2=O)CC1. The molecule has 0 aliphatic carbocycles. The van der Waals surface area contributed by atoms with Gasteiger partial charge in [0.2, 0.25) is 11.8 Å². The third kappa shape index (κ3) is 3.73. The molecule has 1 N–H and O–H groups in total. The third-order valence-electron chi connectivity index (χ3n) is 4.55. The fourth-order valence-electron chi connectivity index (χ4n) is 2.97. The van der Waals surface area contributed by atoms with Gasteiger partial charge < -0.3 is 4.90 Å². The molecule has 2 amide bonds. The van der Waals surface area contributed by atoms with Gasteiger partial charge in [0.15, 0.2) is 0 Å². The second-order valence-electron chi connectivity index (χ2n) is 6.34. The van der Waals surface area contributed by atoms with E-state index in [1.807, 2.05) is 41.3 Å². The van der Waals surface area contributed by atoms with E-state index in [4.69, 9.17) is 0 Å². The summed E-state index contributed by atoms with van der Waals surface area (Å²) in [5.41, 5.74) is 4.99. The Kier molecular flexibility index (Phi) is 4.65. The largest absolute Gasteiger partial charge is 0.341 e. The Labute approximate surface area is 136 Å². The molecule has 0 spiro atoms. The molecule has 0 atom stereocenters. The zero-order valence-electron chi connectivity index (χ0n) is 13.5. The lowest BCUT2D eigenvalue weighted by Crippen LogP contribution is -2.51. The van der Waals surface area contributed by atoms with Gasteiger partial charge in [0.25, 0.3) is 0 Å². The van der Waals surface area contributed by atoms with Crippen molar-refractivity contribution in [1.82, 2.24) is 15.3 Å². The fraction of sp³-hybridized carbons (Fsp3) is 0.444. The van der Waals surface area contributed by atoms with Crippen LogP contribution in [-0.2, 0) is 9.59 Å². The Balaban J connectivity index is 1.62.